The van der Waals surface area contributed by atoms with Crippen LogP contribution in [0, 0.1) is 5.41 Å². The van der Waals surface area contributed by atoms with Crippen LogP contribution in [0.3, 0.4) is 0 Å². The number of hydrogen-bond acceptors (Lipinski definition) is 3. The molecule has 4 nitrogen and oxygen atoms in total. The van der Waals surface area contributed by atoms with Crippen molar-refractivity contribution in [2.75, 3.05) is 32.7 Å². The molecule has 0 spiro atoms. The van der Waals surface area contributed by atoms with Crippen LogP contribution in [0.4, 0.5) is 0 Å². The van der Waals surface area contributed by atoms with Gasteiger partial charge in [0.05, 0.1) is 5.41 Å². The van der Waals surface area contributed by atoms with Crippen molar-refractivity contribution >= 4 is 30.8 Å². The van der Waals surface area contributed by atoms with Gasteiger partial charge in [-0.05, 0) is 13.8 Å². The minimum atomic E-state index is -0.717. The molecule has 0 aromatic heterocycles. The summed E-state index contributed by atoms with van der Waals surface area (Å²) in [5, 5.41) is 12.2. The summed E-state index contributed by atoms with van der Waals surface area (Å²) in [4.78, 5) is 13.1. The maximum Gasteiger partial charge on any atom is 0.310 e. The smallest absolute Gasteiger partial charge is 0.310 e. The molecule has 6 heteroatoms. The van der Waals surface area contributed by atoms with Crippen molar-refractivity contribution in [1.29, 1.82) is 0 Å². The van der Waals surface area contributed by atoms with E-state index in [0.29, 0.717) is 6.54 Å². The Hall–Kier alpha value is -0.0300. The van der Waals surface area contributed by atoms with Crippen molar-refractivity contribution < 1.29 is 9.90 Å². The van der Waals surface area contributed by atoms with E-state index >= 15 is 0 Å². The minimum absolute atomic E-state index is 0. The Kier molecular flexibility index (Phi) is 8.43. The zero-order valence-electron chi connectivity index (χ0n) is 9.15. The number of carboxylic acids is 1. The van der Waals surface area contributed by atoms with E-state index in [0.717, 1.165) is 26.2 Å². The molecule has 0 aromatic carbocycles. The van der Waals surface area contributed by atoms with Gasteiger partial charge in [-0.3, -0.25) is 9.69 Å². The van der Waals surface area contributed by atoms with Crippen molar-refractivity contribution in [2.24, 2.45) is 5.41 Å². The highest BCUT2D eigenvalue weighted by atomic mass is 35.5. The second-order valence-electron chi connectivity index (χ2n) is 4.22. The Balaban J connectivity index is 0. The summed E-state index contributed by atoms with van der Waals surface area (Å²) >= 11 is 0. The lowest BCUT2D eigenvalue weighted by Crippen LogP contribution is -2.48. The Morgan fingerprint density at radius 2 is 1.80 bits per heavy atom. The van der Waals surface area contributed by atoms with Crippen molar-refractivity contribution in [3.05, 3.63) is 0 Å². The van der Waals surface area contributed by atoms with E-state index in [9.17, 15) is 4.79 Å². The van der Waals surface area contributed by atoms with Crippen LogP contribution in [0.1, 0.15) is 13.8 Å². The molecule has 1 aliphatic heterocycles. The molecule has 0 bridgehead atoms. The average molecular weight is 259 g/mol. The highest BCUT2D eigenvalue weighted by Gasteiger charge is 2.29. The Labute approximate surface area is 103 Å². The Bertz CT molecular complexity index is 195. The second-order valence-corrected chi connectivity index (χ2v) is 4.22. The van der Waals surface area contributed by atoms with Gasteiger partial charge < -0.3 is 10.4 Å². The molecule has 1 rings (SSSR count). The molecular weight excluding hydrogens is 239 g/mol. The highest BCUT2D eigenvalue weighted by Crippen LogP contribution is 2.17. The summed E-state index contributed by atoms with van der Waals surface area (Å²) in [5.74, 6) is -0.717. The van der Waals surface area contributed by atoms with Crippen LogP contribution < -0.4 is 5.32 Å². The SMILES string of the molecule is CC(C)(CN1CCNCC1)C(=O)O.Cl.Cl. The van der Waals surface area contributed by atoms with E-state index in [1.54, 1.807) is 13.8 Å². The fourth-order valence-corrected chi connectivity index (χ4v) is 1.50. The molecule has 1 saturated heterocycles. The molecule has 0 radical (unpaired) electrons. The number of rotatable bonds is 3. The lowest BCUT2D eigenvalue weighted by atomic mass is 9.93. The normalized spacial score (nSPS) is 17.5. The molecule has 92 valence electrons. The third-order valence-electron chi connectivity index (χ3n) is 2.41. The fraction of sp³-hybridized carbons (Fsp3) is 0.889. The molecular formula is C9H20Cl2N2O2. The third-order valence-corrected chi connectivity index (χ3v) is 2.41. The first-order chi connectivity index (χ1) is 6.02. The first-order valence-corrected chi connectivity index (χ1v) is 4.69. The Morgan fingerprint density at radius 3 is 2.20 bits per heavy atom. The molecule has 0 unspecified atom stereocenters. The molecule has 0 atom stereocenters. The van der Waals surface area contributed by atoms with Gasteiger partial charge >= 0.3 is 5.97 Å². The molecule has 1 fully saturated rings. The molecule has 0 aliphatic carbocycles. The lowest BCUT2D eigenvalue weighted by Gasteiger charge is -2.32. The summed E-state index contributed by atoms with van der Waals surface area (Å²) in [6.45, 7) is 8.04. The van der Waals surface area contributed by atoms with E-state index in [2.05, 4.69) is 10.2 Å². The number of carbonyl (C=O) groups is 1. The summed E-state index contributed by atoms with van der Waals surface area (Å²) < 4.78 is 0. The highest BCUT2D eigenvalue weighted by molar-refractivity contribution is 5.85. The number of nitrogens with one attached hydrogen (secondary N) is 1. The van der Waals surface area contributed by atoms with Gasteiger partial charge in [-0.25, -0.2) is 0 Å². The standard InChI is InChI=1S/C9H18N2O2.2ClH/c1-9(2,8(12)13)7-11-5-3-10-4-6-11;;/h10H,3-7H2,1-2H3,(H,12,13);2*1H. The third kappa shape index (κ3) is 5.56. The van der Waals surface area contributed by atoms with E-state index in [-0.39, 0.29) is 24.8 Å². The molecule has 0 amide bonds. The zero-order chi connectivity index (χ0) is 9.90. The minimum Gasteiger partial charge on any atom is -0.481 e. The van der Waals surface area contributed by atoms with Gasteiger partial charge in [-0.15, -0.1) is 24.8 Å². The number of halogens is 2. The molecule has 0 saturated carbocycles. The first kappa shape index (κ1) is 17.4. The second kappa shape index (κ2) is 7.28. The van der Waals surface area contributed by atoms with Gasteiger partial charge in [-0.2, -0.15) is 0 Å². The fourth-order valence-electron chi connectivity index (χ4n) is 1.50. The topological polar surface area (TPSA) is 52.6 Å². The van der Waals surface area contributed by atoms with E-state index in [4.69, 9.17) is 5.11 Å². The molecule has 0 aromatic rings. The number of hydrogen-bond donors (Lipinski definition) is 2. The summed E-state index contributed by atoms with van der Waals surface area (Å²) in [6.07, 6.45) is 0. The summed E-state index contributed by atoms with van der Waals surface area (Å²) in [7, 11) is 0. The quantitative estimate of drug-likeness (QED) is 0.788. The molecule has 1 heterocycles. The number of piperazine rings is 1. The molecule has 15 heavy (non-hydrogen) atoms. The summed E-state index contributed by atoms with van der Waals surface area (Å²) in [6, 6.07) is 0. The first-order valence-electron chi connectivity index (χ1n) is 4.69. The van der Waals surface area contributed by atoms with Gasteiger partial charge in [0, 0.05) is 32.7 Å². The van der Waals surface area contributed by atoms with Gasteiger partial charge in [0.15, 0.2) is 0 Å². The van der Waals surface area contributed by atoms with Gasteiger partial charge in [0.25, 0.3) is 0 Å². The largest absolute Gasteiger partial charge is 0.481 e. The van der Waals surface area contributed by atoms with Crippen molar-refractivity contribution in [3.63, 3.8) is 0 Å². The van der Waals surface area contributed by atoms with Crippen LogP contribution in [-0.4, -0.2) is 48.7 Å². The van der Waals surface area contributed by atoms with Crippen LogP contribution in [0.5, 0.6) is 0 Å². The number of aliphatic carboxylic acids is 1. The van der Waals surface area contributed by atoms with Crippen molar-refractivity contribution in [3.8, 4) is 0 Å². The van der Waals surface area contributed by atoms with Crippen LogP contribution in [-0.2, 0) is 4.79 Å². The monoisotopic (exact) mass is 258 g/mol. The van der Waals surface area contributed by atoms with Gasteiger partial charge in [0.1, 0.15) is 0 Å². The van der Waals surface area contributed by atoms with Gasteiger partial charge in [-0.1, -0.05) is 0 Å². The van der Waals surface area contributed by atoms with E-state index in [1.807, 2.05) is 0 Å². The molecule has 1 aliphatic rings. The predicted molar refractivity (Wildman–Crippen MR) is 65.2 cm³/mol. The summed E-state index contributed by atoms with van der Waals surface area (Å²) in [5.41, 5.74) is -0.628. The van der Waals surface area contributed by atoms with E-state index < -0.39 is 11.4 Å². The maximum atomic E-state index is 10.9. The molecule has 2 N–H and O–H groups in total. The number of carboxylic acid groups (broad SMARTS) is 1. The predicted octanol–water partition coefficient (Wildman–Crippen LogP) is 0.846. The average Bonchev–Trinajstić information content (AvgIpc) is 2.05. The van der Waals surface area contributed by atoms with Crippen LogP contribution in [0.2, 0.25) is 0 Å². The zero-order valence-corrected chi connectivity index (χ0v) is 10.8. The van der Waals surface area contributed by atoms with Crippen LogP contribution >= 0.6 is 24.8 Å². The van der Waals surface area contributed by atoms with Crippen LogP contribution in [0.15, 0.2) is 0 Å². The lowest BCUT2D eigenvalue weighted by molar-refractivity contribution is -0.148. The van der Waals surface area contributed by atoms with Crippen molar-refractivity contribution in [1.82, 2.24) is 10.2 Å². The number of nitrogens with zero attached hydrogens (tertiary/aromatic N) is 1. The van der Waals surface area contributed by atoms with Crippen molar-refractivity contribution in [2.45, 2.75) is 13.8 Å². The van der Waals surface area contributed by atoms with Crippen LogP contribution in [0.25, 0.3) is 0 Å². The maximum absolute atomic E-state index is 10.9. The Morgan fingerprint density at radius 1 is 1.33 bits per heavy atom. The van der Waals surface area contributed by atoms with Gasteiger partial charge in [0.2, 0.25) is 0 Å². The van der Waals surface area contributed by atoms with E-state index in [1.165, 1.54) is 0 Å².